The van der Waals surface area contributed by atoms with Gasteiger partial charge in [0, 0.05) is 12.0 Å². The molecule has 8 heteroatoms. The third kappa shape index (κ3) is 4.10. The van der Waals surface area contributed by atoms with Crippen molar-refractivity contribution in [3.05, 3.63) is 62.6 Å². The van der Waals surface area contributed by atoms with E-state index in [9.17, 15) is 15.0 Å². The second-order valence-corrected chi connectivity index (χ2v) is 17.0. The lowest BCUT2D eigenvalue weighted by molar-refractivity contribution is -0.163. The molecule has 3 aliphatic heterocycles. The van der Waals surface area contributed by atoms with Crippen LogP contribution in [0.2, 0.25) is 19.1 Å². The third-order valence-electron chi connectivity index (χ3n) is 8.82. The van der Waals surface area contributed by atoms with E-state index in [4.69, 9.17) is 9.72 Å². The number of cyclic esters (lactones) is 1. The fraction of sp³-hybridized carbons (Fsp3) is 0.517. The zero-order chi connectivity index (χ0) is 25.9. The van der Waals surface area contributed by atoms with Crippen molar-refractivity contribution >= 4 is 25.9 Å². The number of fused-ring (bicyclic) bond motifs is 4. The number of hydrogen-bond donors (Lipinski definition) is 2. The van der Waals surface area contributed by atoms with E-state index >= 15 is 0 Å². The largest absolute Gasteiger partial charge is 0.505 e. The van der Waals surface area contributed by atoms with Crippen LogP contribution < -0.4 is 10.8 Å². The predicted molar refractivity (Wildman–Crippen MR) is 145 cm³/mol. The predicted octanol–water partition coefficient (Wildman–Crippen LogP) is 2.18. The first-order chi connectivity index (χ1) is 17.7. The van der Waals surface area contributed by atoms with Crippen molar-refractivity contribution in [2.75, 3.05) is 25.9 Å². The molecular formula is C29H37N3O4Si. The van der Waals surface area contributed by atoms with E-state index in [0.717, 1.165) is 11.9 Å². The minimum absolute atomic E-state index is 0.0233. The minimum atomic E-state index is -1.71. The molecule has 1 aliphatic carbocycles. The third-order valence-corrected chi connectivity index (χ3v) is 11.7. The number of carbonyl (C=O) groups excluding carboxylic acids is 1. The summed E-state index contributed by atoms with van der Waals surface area (Å²) in [5.74, 6) is -0.573. The molecule has 0 spiro atoms. The van der Waals surface area contributed by atoms with E-state index in [1.165, 1.54) is 54.8 Å². The van der Waals surface area contributed by atoms with Crippen molar-refractivity contribution in [1.82, 2.24) is 14.5 Å². The molecule has 37 heavy (non-hydrogen) atoms. The van der Waals surface area contributed by atoms with Crippen LogP contribution in [0.5, 0.6) is 0 Å². The zero-order valence-electron chi connectivity index (χ0n) is 22.1. The number of benzene rings is 1. The molecule has 2 aromatic rings. The van der Waals surface area contributed by atoms with Gasteiger partial charge >= 0.3 is 5.97 Å². The number of esters is 1. The summed E-state index contributed by atoms with van der Waals surface area (Å²) in [7, 11) is -1.35. The molecule has 1 aromatic carbocycles. The Hall–Kier alpha value is -2.68. The monoisotopic (exact) mass is 519 g/mol. The van der Waals surface area contributed by atoms with Gasteiger partial charge in [0.25, 0.3) is 0 Å². The van der Waals surface area contributed by atoms with E-state index in [-0.39, 0.29) is 18.8 Å². The molecule has 4 aliphatic rings. The van der Waals surface area contributed by atoms with Gasteiger partial charge in [-0.15, -0.1) is 0 Å². The van der Waals surface area contributed by atoms with Gasteiger partial charge in [0.05, 0.1) is 20.3 Å². The van der Waals surface area contributed by atoms with Crippen LogP contribution in [0.1, 0.15) is 48.6 Å². The molecule has 4 heterocycles. The Bertz CT molecular complexity index is 1430. The van der Waals surface area contributed by atoms with Crippen molar-refractivity contribution in [3.63, 3.8) is 0 Å². The summed E-state index contributed by atoms with van der Waals surface area (Å²) in [6.45, 7) is 9.93. The van der Waals surface area contributed by atoms with Crippen LogP contribution >= 0.6 is 0 Å². The quantitative estimate of drug-likeness (QED) is 0.384. The highest BCUT2D eigenvalue weighted by Gasteiger charge is 2.47. The number of aryl methyl sites for hydroxylation is 1. The second kappa shape index (κ2) is 8.96. The van der Waals surface area contributed by atoms with Gasteiger partial charge in [0.15, 0.2) is 5.60 Å². The highest BCUT2D eigenvalue weighted by Crippen LogP contribution is 2.36. The second-order valence-electron chi connectivity index (χ2n) is 11.9. The summed E-state index contributed by atoms with van der Waals surface area (Å²) in [5, 5.41) is 23.1. The number of hydrogen-bond acceptors (Lipinski definition) is 6. The van der Waals surface area contributed by atoms with Crippen molar-refractivity contribution in [2.45, 2.75) is 70.3 Å². The fourth-order valence-corrected chi connectivity index (χ4v) is 9.27. The number of aromatic nitrogens is 2. The molecule has 0 bridgehead atoms. The number of aliphatic hydroxyl groups excluding tert-OH is 1. The number of imidazole rings is 1. The van der Waals surface area contributed by atoms with Gasteiger partial charge in [0.2, 0.25) is 0 Å². The Morgan fingerprint density at radius 2 is 2.00 bits per heavy atom. The molecule has 196 valence electrons. The first kappa shape index (κ1) is 24.6. The summed E-state index contributed by atoms with van der Waals surface area (Å²) >= 11 is 0. The van der Waals surface area contributed by atoms with Crippen molar-refractivity contribution in [1.29, 1.82) is 0 Å². The number of likely N-dealkylation sites (tertiary alicyclic amines) is 1. The summed E-state index contributed by atoms with van der Waals surface area (Å²) in [6, 6.07) is 7.81. The first-order valence-electron chi connectivity index (χ1n) is 13.7. The Morgan fingerprint density at radius 1 is 1.22 bits per heavy atom. The SMILES string of the molecule is CC[C@@]1(O)C(=O)OCC2=C1Cc1nc3n(c1=C2O)Cc1c(cccc1CC[Si](C)(C)CN1CCCC1)C=3. The number of nitrogens with zero attached hydrogens (tertiary/aromatic N) is 3. The minimum Gasteiger partial charge on any atom is -0.505 e. The van der Waals surface area contributed by atoms with Gasteiger partial charge in [-0.2, -0.15) is 0 Å². The molecule has 0 unspecified atom stereocenters. The molecule has 0 radical (unpaired) electrons. The number of ether oxygens (including phenoxy) is 1. The standard InChI is InChI=1S/C29H37N3O4Si/c1-4-29(35)23-15-24-26(27(33)22(23)17-36-28(29)34)32-16-21-19(8-7-9-20(21)14-25(32)30-24)10-13-37(2,3)18-31-11-5-6-12-31/h7-9,14,33,35H,4-6,10-13,15-18H2,1-3H3/t29-/m0/s1. The average molecular weight is 520 g/mol. The lowest BCUT2D eigenvalue weighted by Crippen LogP contribution is -2.49. The molecule has 1 atom stereocenters. The molecule has 1 aromatic heterocycles. The van der Waals surface area contributed by atoms with E-state index in [0.29, 0.717) is 35.2 Å². The summed E-state index contributed by atoms with van der Waals surface area (Å²) in [6.07, 6.45) is 7.66. The van der Waals surface area contributed by atoms with Crippen molar-refractivity contribution in [3.8, 4) is 0 Å². The topological polar surface area (TPSA) is 87.8 Å². The first-order valence-corrected chi connectivity index (χ1v) is 17.1. The number of carbonyl (C=O) groups is 1. The van der Waals surface area contributed by atoms with E-state index in [1.807, 2.05) is 0 Å². The van der Waals surface area contributed by atoms with Crippen LogP contribution in [0.15, 0.2) is 29.3 Å². The maximum atomic E-state index is 12.4. The summed E-state index contributed by atoms with van der Waals surface area (Å²) in [4.78, 5) is 19.9. The van der Waals surface area contributed by atoms with Gasteiger partial charge in [-0.1, -0.05) is 44.3 Å². The van der Waals surface area contributed by atoms with Crippen LogP contribution in [-0.2, 0) is 28.9 Å². The fourth-order valence-electron chi connectivity index (χ4n) is 6.64. The molecule has 1 fully saturated rings. The van der Waals surface area contributed by atoms with Crippen LogP contribution in [0.25, 0.3) is 11.8 Å². The van der Waals surface area contributed by atoms with Crippen LogP contribution in [0.3, 0.4) is 0 Å². The van der Waals surface area contributed by atoms with Gasteiger partial charge in [-0.3, -0.25) is 0 Å². The lowest BCUT2D eigenvalue weighted by Gasteiger charge is -2.35. The van der Waals surface area contributed by atoms with Crippen molar-refractivity contribution in [2.24, 2.45) is 0 Å². The Labute approximate surface area is 218 Å². The van der Waals surface area contributed by atoms with Gasteiger partial charge in [0.1, 0.15) is 23.2 Å². The Balaban J connectivity index is 1.33. The summed E-state index contributed by atoms with van der Waals surface area (Å²) < 4.78 is 7.37. The lowest BCUT2D eigenvalue weighted by atomic mass is 9.80. The molecule has 2 N–H and O–H groups in total. The van der Waals surface area contributed by atoms with Gasteiger partial charge in [-0.25, -0.2) is 9.78 Å². The normalized spacial score (nSPS) is 23.2. The van der Waals surface area contributed by atoms with Gasteiger partial charge in [-0.05, 0) is 73.3 Å². The molecule has 7 nitrogen and oxygen atoms in total. The van der Waals surface area contributed by atoms with Crippen molar-refractivity contribution < 1.29 is 19.7 Å². The molecule has 1 saturated heterocycles. The summed E-state index contributed by atoms with van der Waals surface area (Å²) in [5.41, 5.74) is 4.71. The molecule has 6 rings (SSSR count). The van der Waals surface area contributed by atoms with E-state index in [1.54, 1.807) is 6.92 Å². The Kier molecular flexibility index (Phi) is 5.97. The van der Waals surface area contributed by atoms with E-state index < -0.39 is 19.6 Å². The average Bonchev–Trinajstić information content (AvgIpc) is 3.51. The molecule has 0 saturated carbocycles. The number of aliphatic hydroxyl groups is 2. The highest BCUT2D eigenvalue weighted by molar-refractivity contribution is 6.77. The highest BCUT2D eigenvalue weighted by atomic mass is 28.3. The maximum Gasteiger partial charge on any atom is 0.342 e. The van der Waals surface area contributed by atoms with E-state index in [2.05, 4.69) is 46.8 Å². The molecule has 0 amide bonds. The van der Waals surface area contributed by atoms with Crippen LogP contribution in [0, 0.1) is 0 Å². The zero-order valence-corrected chi connectivity index (χ0v) is 23.1. The van der Waals surface area contributed by atoms with Gasteiger partial charge < -0.3 is 24.4 Å². The smallest absolute Gasteiger partial charge is 0.342 e. The van der Waals surface area contributed by atoms with Crippen LogP contribution in [0.4, 0.5) is 0 Å². The Morgan fingerprint density at radius 3 is 2.76 bits per heavy atom. The number of rotatable bonds is 6. The molecular weight excluding hydrogens is 482 g/mol. The maximum absolute atomic E-state index is 12.4. The van der Waals surface area contributed by atoms with Crippen LogP contribution in [-0.4, -0.2) is 70.2 Å².